The lowest BCUT2D eigenvalue weighted by Crippen LogP contribution is -2.17. The zero-order chi connectivity index (χ0) is 14.5. The third kappa shape index (κ3) is 3.11. The van der Waals surface area contributed by atoms with Crippen molar-refractivity contribution in [3.63, 3.8) is 0 Å². The fourth-order valence-corrected chi connectivity index (χ4v) is 2.55. The Labute approximate surface area is 124 Å². The zero-order valence-corrected chi connectivity index (χ0v) is 12.3. The normalized spacial score (nSPS) is 11.1. The number of benzene rings is 1. The van der Waals surface area contributed by atoms with Gasteiger partial charge in [0.25, 0.3) is 0 Å². The Bertz CT molecular complexity index is 703. The SMILES string of the molecule is CCn1nc(CNCCc2cccnc2)c2ccccc21. The van der Waals surface area contributed by atoms with Crippen LogP contribution in [0.2, 0.25) is 0 Å². The monoisotopic (exact) mass is 280 g/mol. The lowest BCUT2D eigenvalue weighted by Gasteiger charge is -2.03. The molecule has 3 aromatic rings. The summed E-state index contributed by atoms with van der Waals surface area (Å²) in [5.41, 5.74) is 3.59. The van der Waals surface area contributed by atoms with Gasteiger partial charge in [0.1, 0.15) is 0 Å². The molecule has 3 rings (SSSR count). The summed E-state index contributed by atoms with van der Waals surface area (Å²) in [7, 11) is 0. The van der Waals surface area contributed by atoms with E-state index in [0.29, 0.717) is 0 Å². The highest BCUT2D eigenvalue weighted by Crippen LogP contribution is 2.18. The number of nitrogens with zero attached hydrogens (tertiary/aromatic N) is 3. The van der Waals surface area contributed by atoms with Crippen molar-refractivity contribution in [3.8, 4) is 0 Å². The van der Waals surface area contributed by atoms with Crippen LogP contribution in [0.15, 0.2) is 48.8 Å². The molecule has 0 amide bonds. The van der Waals surface area contributed by atoms with Gasteiger partial charge in [-0.05, 0) is 37.6 Å². The summed E-state index contributed by atoms with van der Waals surface area (Å²) >= 11 is 0. The second-order valence-electron chi connectivity index (χ2n) is 5.07. The molecule has 1 N–H and O–H groups in total. The molecular formula is C17H20N4. The van der Waals surface area contributed by atoms with Gasteiger partial charge < -0.3 is 5.32 Å². The van der Waals surface area contributed by atoms with E-state index in [9.17, 15) is 0 Å². The molecule has 0 radical (unpaired) electrons. The van der Waals surface area contributed by atoms with Crippen LogP contribution in [0.1, 0.15) is 18.2 Å². The van der Waals surface area contributed by atoms with Crippen molar-refractivity contribution in [2.75, 3.05) is 6.54 Å². The summed E-state index contributed by atoms with van der Waals surface area (Å²) in [6.45, 7) is 4.75. The predicted octanol–water partition coefficient (Wildman–Crippen LogP) is 2.78. The van der Waals surface area contributed by atoms with E-state index in [1.807, 2.05) is 12.3 Å². The highest BCUT2D eigenvalue weighted by atomic mass is 15.3. The van der Waals surface area contributed by atoms with Gasteiger partial charge in [0.2, 0.25) is 0 Å². The fraction of sp³-hybridized carbons (Fsp3) is 0.294. The first-order chi connectivity index (χ1) is 10.4. The molecule has 108 valence electrons. The predicted molar refractivity (Wildman–Crippen MR) is 85.1 cm³/mol. The molecule has 0 saturated carbocycles. The molecule has 4 nitrogen and oxygen atoms in total. The molecule has 0 bridgehead atoms. The second-order valence-corrected chi connectivity index (χ2v) is 5.07. The quantitative estimate of drug-likeness (QED) is 0.706. The van der Waals surface area contributed by atoms with Crippen LogP contribution in [0.5, 0.6) is 0 Å². The van der Waals surface area contributed by atoms with Crippen LogP contribution in [-0.4, -0.2) is 21.3 Å². The van der Waals surface area contributed by atoms with Crippen molar-refractivity contribution in [1.29, 1.82) is 0 Å². The molecule has 21 heavy (non-hydrogen) atoms. The maximum absolute atomic E-state index is 4.69. The largest absolute Gasteiger partial charge is 0.311 e. The summed E-state index contributed by atoms with van der Waals surface area (Å²) in [6, 6.07) is 12.5. The van der Waals surface area contributed by atoms with Gasteiger partial charge in [-0.1, -0.05) is 24.3 Å². The van der Waals surface area contributed by atoms with Crippen LogP contribution in [0.4, 0.5) is 0 Å². The number of rotatable bonds is 6. The van der Waals surface area contributed by atoms with Crippen molar-refractivity contribution in [2.24, 2.45) is 0 Å². The van der Waals surface area contributed by atoms with Gasteiger partial charge in [-0.2, -0.15) is 5.10 Å². The van der Waals surface area contributed by atoms with Gasteiger partial charge in [-0.25, -0.2) is 0 Å². The number of hydrogen-bond donors (Lipinski definition) is 1. The van der Waals surface area contributed by atoms with E-state index < -0.39 is 0 Å². The van der Waals surface area contributed by atoms with E-state index in [4.69, 9.17) is 5.10 Å². The molecule has 0 aliphatic rings. The Morgan fingerprint density at radius 2 is 2.05 bits per heavy atom. The Morgan fingerprint density at radius 3 is 2.86 bits per heavy atom. The summed E-state index contributed by atoms with van der Waals surface area (Å²) in [4.78, 5) is 4.13. The lowest BCUT2D eigenvalue weighted by molar-refractivity contribution is 0.631. The molecular weight excluding hydrogens is 260 g/mol. The number of para-hydroxylation sites is 1. The maximum atomic E-state index is 4.69. The number of hydrogen-bond acceptors (Lipinski definition) is 3. The maximum Gasteiger partial charge on any atom is 0.0841 e. The van der Waals surface area contributed by atoms with E-state index >= 15 is 0 Å². The molecule has 0 spiro atoms. The summed E-state index contributed by atoms with van der Waals surface area (Å²) < 4.78 is 2.06. The van der Waals surface area contributed by atoms with Gasteiger partial charge in [0.05, 0.1) is 11.2 Å². The molecule has 0 atom stereocenters. The number of aromatic nitrogens is 3. The first-order valence-electron chi connectivity index (χ1n) is 7.42. The highest BCUT2D eigenvalue weighted by molar-refractivity contribution is 5.81. The smallest absolute Gasteiger partial charge is 0.0841 e. The first-order valence-corrected chi connectivity index (χ1v) is 7.42. The molecule has 0 saturated heterocycles. The average molecular weight is 280 g/mol. The van der Waals surface area contributed by atoms with Crippen molar-refractivity contribution >= 4 is 10.9 Å². The van der Waals surface area contributed by atoms with Gasteiger partial charge >= 0.3 is 0 Å². The molecule has 4 heteroatoms. The Morgan fingerprint density at radius 1 is 1.14 bits per heavy atom. The Hall–Kier alpha value is -2.20. The van der Waals surface area contributed by atoms with Crippen molar-refractivity contribution in [2.45, 2.75) is 26.4 Å². The van der Waals surface area contributed by atoms with Crippen LogP contribution in [0.3, 0.4) is 0 Å². The zero-order valence-electron chi connectivity index (χ0n) is 12.3. The highest BCUT2D eigenvalue weighted by Gasteiger charge is 2.08. The van der Waals surface area contributed by atoms with Crippen LogP contribution in [0, 0.1) is 0 Å². The number of pyridine rings is 1. The molecule has 2 aromatic heterocycles. The molecule has 0 aliphatic carbocycles. The van der Waals surface area contributed by atoms with E-state index in [0.717, 1.165) is 31.7 Å². The van der Waals surface area contributed by atoms with E-state index in [1.165, 1.54) is 16.5 Å². The number of fused-ring (bicyclic) bond motifs is 1. The van der Waals surface area contributed by atoms with Crippen LogP contribution >= 0.6 is 0 Å². The van der Waals surface area contributed by atoms with Crippen molar-refractivity contribution in [3.05, 3.63) is 60.0 Å². The fourth-order valence-electron chi connectivity index (χ4n) is 2.55. The minimum absolute atomic E-state index is 0.799. The van der Waals surface area contributed by atoms with Gasteiger partial charge in [0.15, 0.2) is 0 Å². The topological polar surface area (TPSA) is 42.7 Å². The first kappa shape index (κ1) is 13.8. The third-order valence-electron chi connectivity index (χ3n) is 3.64. The van der Waals surface area contributed by atoms with Crippen molar-refractivity contribution in [1.82, 2.24) is 20.1 Å². The number of nitrogens with one attached hydrogen (secondary N) is 1. The molecule has 2 heterocycles. The van der Waals surface area contributed by atoms with Crippen LogP contribution in [-0.2, 0) is 19.5 Å². The van der Waals surface area contributed by atoms with Crippen molar-refractivity contribution < 1.29 is 0 Å². The van der Waals surface area contributed by atoms with Crippen LogP contribution < -0.4 is 5.32 Å². The molecule has 0 fully saturated rings. The minimum atomic E-state index is 0.799. The number of aryl methyl sites for hydroxylation is 1. The average Bonchev–Trinajstić information content (AvgIpc) is 2.91. The Balaban J connectivity index is 1.63. The molecule has 0 aliphatic heterocycles. The van der Waals surface area contributed by atoms with E-state index in [-0.39, 0.29) is 0 Å². The summed E-state index contributed by atoms with van der Waals surface area (Å²) in [5, 5.41) is 9.41. The van der Waals surface area contributed by atoms with E-state index in [2.05, 4.69) is 52.2 Å². The summed E-state index contributed by atoms with van der Waals surface area (Å²) in [5.74, 6) is 0. The van der Waals surface area contributed by atoms with Gasteiger partial charge in [-0.3, -0.25) is 9.67 Å². The standard InChI is InChI=1S/C17H20N4/c1-2-21-17-8-4-3-7-15(17)16(20-21)13-19-11-9-14-6-5-10-18-12-14/h3-8,10,12,19H,2,9,11,13H2,1H3. The van der Waals surface area contributed by atoms with E-state index in [1.54, 1.807) is 6.20 Å². The Kier molecular flexibility index (Phi) is 4.26. The molecule has 0 unspecified atom stereocenters. The summed E-state index contributed by atoms with van der Waals surface area (Å²) in [6.07, 6.45) is 4.71. The van der Waals surface area contributed by atoms with Crippen LogP contribution in [0.25, 0.3) is 10.9 Å². The third-order valence-corrected chi connectivity index (χ3v) is 3.64. The van der Waals surface area contributed by atoms with Gasteiger partial charge in [0, 0.05) is 30.9 Å². The second kappa shape index (κ2) is 6.50. The lowest BCUT2D eigenvalue weighted by atomic mass is 10.2. The molecule has 1 aromatic carbocycles. The van der Waals surface area contributed by atoms with Gasteiger partial charge in [-0.15, -0.1) is 0 Å². The minimum Gasteiger partial charge on any atom is -0.311 e.